The van der Waals surface area contributed by atoms with E-state index in [1.807, 2.05) is 0 Å². The maximum atomic E-state index is 13.9. The van der Waals surface area contributed by atoms with E-state index in [2.05, 4.69) is 5.32 Å². The molecule has 0 saturated heterocycles. The monoisotopic (exact) mass is 277 g/mol. The number of hydrogen-bond acceptors (Lipinski definition) is 1. The van der Waals surface area contributed by atoms with Gasteiger partial charge in [-0.2, -0.15) is 0 Å². The third-order valence-electron chi connectivity index (χ3n) is 3.46. The summed E-state index contributed by atoms with van der Waals surface area (Å²) in [5.74, 6) is -1.67. The summed E-state index contributed by atoms with van der Waals surface area (Å²) in [7, 11) is 0. The fraction of sp³-hybridized carbons (Fsp3) is 0.250. The van der Waals surface area contributed by atoms with Gasteiger partial charge in [-0.1, -0.05) is 12.1 Å². The Morgan fingerprint density at radius 3 is 2.35 bits per heavy atom. The number of hydrogen-bond donors (Lipinski definition) is 1. The predicted octanol–water partition coefficient (Wildman–Crippen LogP) is 4.02. The molecule has 0 spiro atoms. The van der Waals surface area contributed by atoms with Crippen LogP contribution in [0.15, 0.2) is 36.4 Å². The highest BCUT2D eigenvalue weighted by Crippen LogP contribution is 2.30. The first-order valence-corrected chi connectivity index (χ1v) is 6.61. The molecule has 0 amide bonds. The lowest BCUT2D eigenvalue weighted by Gasteiger charge is -2.12. The largest absolute Gasteiger partial charge is 0.310 e. The Hall–Kier alpha value is -1.81. The quantitative estimate of drug-likeness (QED) is 0.890. The second-order valence-electron chi connectivity index (χ2n) is 5.05. The van der Waals surface area contributed by atoms with E-state index in [1.54, 1.807) is 0 Å². The van der Waals surface area contributed by atoms with Gasteiger partial charge >= 0.3 is 0 Å². The van der Waals surface area contributed by atoms with E-state index in [4.69, 9.17) is 0 Å². The minimum Gasteiger partial charge on any atom is -0.310 e. The summed E-state index contributed by atoms with van der Waals surface area (Å²) < 4.78 is 41.1. The van der Waals surface area contributed by atoms with Gasteiger partial charge in [0.05, 0.1) is 5.56 Å². The van der Waals surface area contributed by atoms with E-state index in [1.165, 1.54) is 36.4 Å². The second kappa shape index (κ2) is 5.29. The normalized spacial score (nSPS) is 14.6. The molecule has 1 aliphatic rings. The standard InChI is InChI=1S/C16H14F3N/c17-11-4-7-13(10(8-11)9-20-12-5-6-12)16-14(18)2-1-3-15(16)19/h1-4,7-8,12,20H,5-6,9H2. The van der Waals surface area contributed by atoms with Crippen LogP contribution in [0.3, 0.4) is 0 Å². The van der Waals surface area contributed by atoms with Crippen LogP contribution in [0.1, 0.15) is 18.4 Å². The molecule has 0 aromatic heterocycles. The van der Waals surface area contributed by atoms with E-state index >= 15 is 0 Å². The molecule has 1 saturated carbocycles. The van der Waals surface area contributed by atoms with Crippen molar-refractivity contribution in [2.45, 2.75) is 25.4 Å². The molecule has 0 atom stereocenters. The summed E-state index contributed by atoms with van der Waals surface area (Å²) in [6, 6.07) is 8.16. The van der Waals surface area contributed by atoms with Crippen molar-refractivity contribution < 1.29 is 13.2 Å². The van der Waals surface area contributed by atoms with Gasteiger partial charge in [0.25, 0.3) is 0 Å². The molecule has 0 bridgehead atoms. The molecular formula is C16H14F3N. The van der Waals surface area contributed by atoms with E-state index in [-0.39, 0.29) is 5.56 Å². The van der Waals surface area contributed by atoms with Gasteiger partial charge in [0.2, 0.25) is 0 Å². The van der Waals surface area contributed by atoms with Crippen LogP contribution in [-0.4, -0.2) is 6.04 Å². The molecular weight excluding hydrogens is 263 g/mol. The van der Waals surface area contributed by atoms with Crippen LogP contribution in [0.4, 0.5) is 13.2 Å². The number of nitrogens with one attached hydrogen (secondary N) is 1. The number of rotatable bonds is 4. The summed E-state index contributed by atoms with van der Waals surface area (Å²) in [5, 5.41) is 3.24. The molecule has 4 heteroatoms. The summed E-state index contributed by atoms with van der Waals surface area (Å²) in [6.45, 7) is 0.408. The zero-order chi connectivity index (χ0) is 14.1. The van der Waals surface area contributed by atoms with Crippen LogP contribution in [0.2, 0.25) is 0 Å². The van der Waals surface area contributed by atoms with Crippen LogP contribution in [-0.2, 0) is 6.54 Å². The van der Waals surface area contributed by atoms with Crippen LogP contribution in [0, 0.1) is 17.5 Å². The Kier molecular flexibility index (Phi) is 3.49. The Morgan fingerprint density at radius 2 is 1.70 bits per heavy atom. The van der Waals surface area contributed by atoms with Gasteiger partial charge in [-0.25, -0.2) is 13.2 Å². The minimum atomic E-state index is -0.635. The molecule has 1 aliphatic carbocycles. The zero-order valence-corrected chi connectivity index (χ0v) is 10.8. The summed E-state index contributed by atoms with van der Waals surface area (Å²) in [5.41, 5.74) is 0.871. The Balaban J connectivity index is 2.02. The van der Waals surface area contributed by atoms with Gasteiger partial charge < -0.3 is 5.32 Å². The smallest absolute Gasteiger partial charge is 0.133 e. The van der Waals surface area contributed by atoms with E-state index in [9.17, 15) is 13.2 Å². The van der Waals surface area contributed by atoms with Crippen molar-refractivity contribution >= 4 is 0 Å². The van der Waals surface area contributed by atoms with Gasteiger partial charge in [0, 0.05) is 12.6 Å². The molecule has 1 nitrogen and oxygen atoms in total. The van der Waals surface area contributed by atoms with Gasteiger partial charge in [0.15, 0.2) is 0 Å². The SMILES string of the molecule is Fc1ccc(-c2c(F)cccc2F)c(CNC2CC2)c1. The number of benzene rings is 2. The van der Waals surface area contributed by atoms with E-state index in [0.717, 1.165) is 12.8 Å². The van der Waals surface area contributed by atoms with Crippen molar-refractivity contribution in [1.29, 1.82) is 0 Å². The van der Waals surface area contributed by atoms with Crippen LogP contribution in [0.5, 0.6) is 0 Å². The lowest BCUT2D eigenvalue weighted by atomic mass is 9.98. The Bertz CT molecular complexity index is 615. The first-order valence-electron chi connectivity index (χ1n) is 6.61. The van der Waals surface area contributed by atoms with Crippen LogP contribution in [0.25, 0.3) is 11.1 Å². The molecule has 2 aromatic rings. The molecule has 1 N–H and O–H groups in total. The van der Waals surface area contributed by atoms with Crippen molar-refractivity contribution in [2.24, 2.45) is 0 Å². The van der Waals surface area contributed by atoms with Crippen molar-refractivity contribution in [2.75, 3.05) is 0 Å². The zero-order valence-electron chi connectivity index (χ0n) is 10.8. The Labute approximate surface area is 115 Å². The van der Waals surface area contributed by atoms with Gasteiger partial charge in [-0.05, 0) is 48.2 Å². The molecule has 3 rings (SSSR count). The topological polar surface area (TPSA) is 12.0 Å². The van der Waals surface area contributed by atoms with Crippen molar-refractivity contribution in [3.8, 4) is 11.1 Å². The van der Waals surface area contributed by atoms with Gasteiger partial charge in [-0.15, -0.1) is 0 Å². The predicted molar refractivity (Wildman–Crippen MR) is 71.6 cm³/mol. The molecule has 104 valence electrons. The van der Waals surface area contributed by atoms with Crippen LogP contribution >= 0.6 is 0 Å². The average Bonchev–Trinajstić information content (AvgIpc) is 3.22. The maximum Gasteiger partial charge on any atom is 0.133 e. The first kappa shape index (κ1) is 13.2. The van der Waals surface area contributed by atoms with Crippen molar-refractivity contribution in [3.63, 3.8) is 0 Å². The molecule has 20 heavy (non-hydrogen) atoms. The lowest BCUT2D eigenvalue weighted by Crippen LogP contribution is -2.16. The highest BCUT2D eigenvalue weighted by molar-refractivity contribution is 5.68. The van der Waals surface area contributed by atoms with E-state index in [0.29, 0.717) is 23.7 Å². The first-order chi connectivity index (χ1) is 9.65. The lowest BCUT2D eigenvalue weighted by molar-refractivity contribution is 0.587. The maximum absolute atomic E-state index is 13.9. The third-order valence-corrected chi connectivity index (χ3v) is 3.46. The van der Waals surface area contributed by atoms with Crippen molar-refractivity contribution in [3.05, 3.63) is 59.4 Å². The molecule has 2 aromatic carbocycles. The molecule has 0 aliphatic heterocycles. The van der Waals surface area contributed by atoms with Crippen molar-refractivity contribution in [1.82, 2.24) is 5.32 Å². The minimum absolute atomic E-state index is 0.0971. The van der Waals surface area contributed by atoms with E-state index < -0.39 is 17.5 Å². The van der Waals surface area contributed by atoms with Gasteiger partial charge in [-0.3, -0.25) is 0 Å². The molecule has 1 fully saturated rings. The highest BCUT2D eigenvalue weighted by Gasteiger charge is 2.21. The average molecular weight is 277 g/mol. The fourth-order valence-electron chi connectivity index (χ4n) is 2.25. The molecule has 0 radical (unpaired) electrons. The summed E-state index contributed by atoms with van der Waals surface area (Å²) in [4.78, 5) is 0. The Morgan fingerprint density at radius 1 is 1.00 bits per heavy atom. The second-order valence-corrected chi connectivity index (χ2v) is 5.05. The molecule has 0 heterocycles. The van der Waals surface area contributed by atoms with Gasteiger partial charge in [0.1, 0.15) is 17.5 Å². The third kappa shape index (κ3) is 2.70. The molecule has 0 unspecified atom stereocenters. The fourth-order valence-corrected chi connectivity index (χ4v) is 2.25. The number of halogens is 3. The van der Waals surface area contributed by atoms with Crippen LogP contribution < -0.4 is 5.32 Å². The summed E-state index contributed by atoms with van der Waals surface area (Å²) in [6.07, 6.45) is 2.19. The summed E-state index contributed by atoms with van der Waals surface area (Å²) >= 11 is 0. The highest BCUT2D eigenvalue weighted by atomic mass is 19.1.